The van der Waals surface area contributed by atoms with Gasteiger partial charge in [0.2, 0.25) is 0 Å². The molecule has 5 nitrogen and oxygen atoms in total. The molecule has 0 atom stereocenters. The predicted molar refractivity (Wildman–Crippen MR) is 78.0 cm³/mol. The molecule has 0 radical (unpaired) electrons. The van der Waals surface area contributed by atoms with Crippen molar-refractivity contribution in [3.8, 4) is 0 Å². The van der Waals surface area contributed by atoms with Crippen LogP contribution in [0.3, 0.4) is 0 Å². The predicted octanol–water partition coefficient (Wildman–Crippen LogP) is 2.88. The maximum absolute atomic E-state index is 14.2. The van der Waals surface area contributed by atoms with Crippen LogP contribution in [-0.2, 0) is 9.59 Å². The van der Waals surface area contributed by atoms with E-state index in [1.54, 1.807) is 0 Å². The molecule has 1 aromatic rings. The zero-order chi connectivity index (χ0) is 16.6. The fourth-order valence-electron chi connectivity index (χ4n) is 2.64. The number of nitrogens with one attached hydrogen (secondary N) is 1. The van der Waals surface area contributed by atoms with Crippen LogP contribution in [0.25, 0.3) is 0 Å². The summed E-state index contributed by atoms with van der Waals surface area (Å²) in [7, 11) is 0. The molecule has 1 aliphatic rings. The standard InChI is InChI=1S/C15H13ClFNO4/c1-6-10(14(19)20)13(11(15(21)22)7(2)18-6)12-8(16)4-3-5-9(12)17/h3-5,13,18H,1-2H3,(H,19,20)(H,21,22). The molecule has 0 aliphatic carbocycles. The van der Waals surface area contributed by atoms with Crippen molar-refractivity contribution in [3.63, 3.8) is 0 Å². The Kier molecular flexibility index (Phi) is 4.23. The molecule has 0 unspecified atom stereocenters. The SMILES string of the molecule is CC1=C(C(=O)O)C(c2c(F)cccc2Cl)C(C(=O)O)=C(C)N1. The summed E-state index contributed by atoms with van der Waals surface area (Å²) in [4.78, 5) is 23.1. The second kappa shape index (κ2) is 5.81. The van der Waals surface area contributed by atoms with E-state index >= 15 is 0 Å². The number of dihydropyridines is 1. The first kappa shape index (κ1) is 16.0. The average Bonchev–Trinajstić information content (AvgIpc) is 2.36. The van der Waals surface area contributed by atoms with Crippen LogP contribution in [0.5, 0.6) is 0 Å². The van der Waals surface area contributed by atoms with E-state index in [0.29, 0.717) is 0 Å². The van der Waals surface area contributed by atoms with E-state index in [9.17, 15) is 24.2 Å². The monoisotopic (exact) mass is 325 g/mol. The molecule has 116 valence electrons. The quantitative estimate of drug-likeness (QED) is 0.795. The summed E-state index contributed by atoms with van der Waals surface area (Å²) >= 11 is 6.01. The van der Waals surface area contributed by atoms with Crippen molar-refractivity contribution in [2.45, 2.75) is 19.8 Å². The Bertz CT molecular complexity index is 683. The first-order valence-corrected chi connectivity index (χ1v) is 6.72. The summed E-state index contributed by atoms with van der Waals surface area (Å²) in [6, 6.07) is 3.88. The maximum atomic E-state index is 14.2. The zero-order valence-electron chi connectivity index (χ0n) is 11.8. The van der Waals surface area contributed by atoms with Crippen LogP contribution in [0.4, 0.5) is 4.39 Å². The normalized spacial score (nSPS) is 15.8. The summed E-state index contributed by atoms with van der Waals surface area (Å²) < 4.78 is 14.2. The summed E-state index contributed by atoms with van der Waals surface area (Å²) in [5, 5.41) is 21.5. The molecular weight excluding hydrogens is 313 g/mol. The topological polar surface area (TPSA) is 86.6 Å². The van der Waals surface area contributed by atoms with Crippen LogP contribution in [-0.4, -0.2) is 22.2 Å². The molecule has 1 aromatic carbocycles. The highest BCUT2D eigenvalue weighted by atomic mass is 35.5. The van der Waals surface area contributed by atoms with Gasteiger partial charge < -0.3 is 15.5 Å². The largest absolute Gasteiger partial charge is 0.478 e. The lowest BCUT2D eigenvalue weighted by atomic mass is 9.80. The number of rotatable bonds is 3. The first-order chi connectivity index (χ1) is 10.3. The van der Waals surface area contributed by atoms with Gasteiger partial charge in [-0.1, -0.05) is 17.7 Å². The molecule has 3 N–H and O–H groups in total. The van der Waals surface area contributed by atoms with Crippen LogP contribution >= 0.6 is 11.6 Å². The van der Waals surface area contributed by atoms with Gasteiger partial charge in [-0.3, -0.25) is 0 Å². The molecule has 22 heavy (non-hydrogen) atoms. The number of carboxylic acids is 2. The fraction of sp³-hybridized carbons (Fsp3) is 0.200. The second-order valence-electron chi connectivity index (χ2n) is 4.88. The highest BCUT2D eigenvalue weighted by Crippen LogP contribution is 2.42. The van der Waals surface area contributed by atoms with Crippen LogP contribution in [0.15, 0.2) is 40.7 Å². The number of carboxylic acid groups (broad SMARTS) is 2. The number of carbonyl (C=O) groups is 2. The van der Waals surface area contributed by atoms with E-state index in [1.165, 1.54) is 26.0 Å². The van der Waals surface area contributed by atoms with Gasteiger partial charge in [0.15, 0.2) is 0 Å². The highest BCUT2D eigenvalue weighted by Gasteiger charge is 2.38. The van der Waals surface area contributed by atoms with E-state index in [4.69, 9.17) is 11.6 Å². The average molecular weight is 326 g/mol. The lowest BCUT2D eigenvalue weighted by Gasteiger charge is -2.29. The van der Waals surface area contributed by atoms with Gasteiger partial charge in [0.25, 0.3) is 0 Å². The van der Waals surface area contributed by atoms with E-state index < -0.39 is 23.7 Å². The van der Waals surface area contributed by atoms with Crippen molar-refractivity contribution in [2.24, 2.45) is 0 Å². The van der Waals surface area contributed by atoms with E-state index in [1.807, 2.05) is 0 Å². The second-order valence-corrected chi connectivity index (χ2v) is 5.29. The van der Waals surface area contributed by atoms with Gasteiger partial charge in [-0.25, -0.2) is 14.0 Å². The lowest BCUT2D eigenvalue weighted by molar-refractivity contribution is -0.133. The van der Waals surface area contributed by atoms with Crippen LogP contribution < -0.4 is 5.32 Å². The number of halogens is 2. The van der Waals surface area contributed by atoms with Crippen molar-refractivity contribution >= 4 is 23.5 Å². The minimum absolute atomic E-state index is 0.0231. The van der Waals surface area contributed by atoms with Gasteiger partial charge in [0.05, 0.1) is 17.1 Å². The molecule has 0 fully saturated rings. The Morgan fingerprint density at radius 1 is 1.14 bits per heavy atom. The summed E-state index contributed by atoms with van der Waals surface area (Å²) in [6.45, 7) is 2.99. The molecular formula is C15H13ClFNO4. The zero-order valence-corrected chi connectivity index (χ0v) is 12.5. The third kappa shape index (κ3) is 2.57. The maximum Gasteiger partial charge on any atom is 0.334 e. The Hall–Kier alpha value is -2.34. The molecule has 0 saturated heterocycles. The highest BCUT2D eigenvalue weighted by molar-refractivity contribution is 6.31. The van der Waals surface area contributed by atoms with Crippen LogP contribution in [0, 0.1) is 5.82 Å². The van der Waals surface area contributed by atoms with Crippen LogP contribution in [0.2, 0.25) is 5.02 Å². The third-order valence-corrected chi connectivity index (χ3v) is 3.84. The lowest BCUT2D eigenvalue weighted by Crippen LogP contribution is -2.31. The molecule has 2 rings (SSSR count). The fourth-order valence-corrected chi connectivity index (χ4v) is 2.91. The first-order valence-electron chi connectivity index (χ1n) is 6.34. The van der Waals surface area contributed by atoms with Crippen molar-refractivity contribution in [2.75, 3.05) is 0 Å². The molecule has 1 heterocycles. The van der Waals surface area contributed by atoms with Crippen molar-refractivity contribution in [1.29, 1.82) is 0 Å². The number of aliphatic carboxylic acids is 2. The van der Waals surface area contributed by atoms with Crippen molar-refractivity contribution in [3.05, 3.63) is 57.1 Å². The van der Waals surface area contributed by atoms with Gasteiger partial charge in [-0.15, -0.1) is 0 Å². The molecule has 0 spiro atoms. The number of hydrogen-bond donors (Lipinski definition) is 3. The summed E-state index contributed by atoms with van der Waals surface area (Å²) in [5.74, 6) is -4.71. The number of hydrogen-bond acceptors (Lipinski definition) is 3. The molecule has 0 bridgehead atoms. The van der Waals surface area contributed by atoms with Gasteiger partial charge in [0, 0.05) is 22.0 Å². The van der Waals surface area contributed by atoms with E-state index in [-0.39, 0.29) is 33.1 Å². The molecule has 0 saturated carbocycles. The molecule has 0 amide bonds. The summed E-state index contributed by atoms with van der Waals surface area (Å²) in [5.41, 5.74) is -0.136. The Balaban J connectivity index is 2.82. The van der Waals surface area contributed by atoms with Gasteiger partial charge in [0.1, 0.15) is 5.82 Å². The van der Waals surface area contributed by atoms with E-state index in [2.05, 4.69) is 5.32 Å². The minimum atomic E-state index is -1.33. The Morgan fingerprint density at radius 3 is 2.05 bits per heavy atom. The molecule has 7 heteroatoms. The van der Waals surface area contributed by atoms with Gasteiger partial charge in [-0.05, 0) is 26.0 Å². The van der Waals surface area contributed by atoms with Gasteiger partial charge in [-0.2, -0.15) is 0 Å². The van der Waals surface area contributed by atoms with Crippen molar-refractivity contribution < 1.29 is 24.2 Å². The van der Waals surface area contributed by atoms with Crippen molar-refractivity contribution in [1.82, 2.24) is 5.32 Å². The third-order valence-electron chi connectivity index (χ3n) is 3.51. The Labute approximate surface area is 130 Å². The Morgan fingerprint density at radius 2 is 1.64 bits per heavy atom. The molecule has 0 aromatic heterocycles. The molecule has 1 aliphatic heterocycles. The van der Waals surface area contributed by atoms with Crippen LogP contribution in [0.1, 0.15) is 25.3 Å². The van der Waals surface area contributed by atoms with E-state index in [0.717, 1.165) is 6.07 Å². The number of benzene rings is 1. The minimum Gasteiger partial charge on any atom is -0.478 e. The smallest absolute Gasteiger partial charge is 0.334 e. The number of allylic oxidation sites excluding steroid dienone is 2. The van der Waals surface area contributed by atoms with Gasteiger partial charge >= 0.3 is 11.9 Å². The summed E-state index contributed by atoms with van der Waals surface area (Å²) in [6.07, 6.45) is 0.